The maximum atomic E-state index is 13.5. The minimum Gasteiger partial charge on any atom is -0.508 e. The number of carbonyl (C=O) groups is 1. The van der Waals surface area contributed by atoms with Crippen LogP contribution >= 0.6 is 0 Å². The number of pyridine rings is 1. The molecule has 9 heteroatoms. The number of carbonyl (C=O) groups excluding carboxylic acids is 1. The lowest BCUT2D eigenvalue weighted by atomic mass is 9.91. The SMILES string of the molecule is Nc1nccc2ccc(CCC(C(=O)Nc3ccc(-c4ccccc4S(N)(=O)=O)cc3)c3ccc(O)cc3)cc12. The van der Waals surface area contributed by atoms with E-state index in [1.54, 1.807) is 72.9 Å². The van der Waals surface area contributed by atoms with Crippen molar-refractivity contribution in [1.29, 1.82) is 0 Å². The number of primary sulfonamides is 1. The van der Waals surface area contributed by atoms with E-state index < -0.39 is 15.9 Å². The van der Waals surface area contributed by atoms with Gasteiger partial charge in [0.05, 0.1) is 10.8 Å². The van der Waals surface area contributed by atoms with E-state index in [0.29, 0.717) is 35.5 Å². The summed E-state index contributed by atoms with van der Waals surface area (Å²) >= 11 is 0. The molecule has 0 radical (unpaired) electrons. The van der Waals surface area contributed by atoms with Crippen LogP contribution < -0.4 is 16.2 Å². The Morgan fingerprint density at radius 1 is 0.925 bits per heavy atom. The molecule has 202 valence electrons. The zero-order valence-electron chi connectivity index (χ0n) is 21.5. The van der Waals surface area contributed by atoms with Gasteiger partial charge in [-0.05, 0) is 77.4 Å². The first kappa shape index (κ1) is 26.9. The first-order chi connectivity index (χ1) is 19.2. The van der Waals surface area contributed by atoms with Crippen LogP contribution in [0.15, 0.2) is 108 Å². The van der Waals surface area contributed by atoms with Gasteiger partial charge in [-0.2, -0.15) is 0 Å². The largest absolute Gasteiger partial charge is 0.508 e. The van der Waals surface area contributed by atoms with Crippen molar-refractivity contribution in [3.8, 4) is 16.9 Å². The Bertz CT molecular complexity index is 1790. The molecule has 0 bridgehead atoms. The molecule has 5 aromatic rings. The molecule has 40 heavy (non-hydrogen) atoms. The second-order valence-corrected chi connectivity index (χ2v) is 11.1. The highest BCUT2D eigenvalue weighted by molar-refractivity contribution is 7.89. The molecule has 8 nitrogen and oxygen atoms in total. The highest BCUT2D eigenvalue weighted by atomic mass is 32.2. The molecule has 1 amide bonds. The van der Waals surface area contributed by atoms with Gasteiger partial charge >= 0.3 is 0 Å². The third-order valence-corrected chi connectivity index (χ3v) is 7.82. The van der Waals surface area contributed by atoms with Gasteiger partial charge in [-0.25, -0.2) is 18.5 Å². The number of aryl methyl sites for hydroxylation is 1. The lowest BCUT2D eigenvalue weighted by Crippen LogP contribution is -2.22. The van der Waals surface area contributed by atoms with E-state index in [-0.39, 0.29) is 16.6 Å². The topological polar surface area (TPSA) is 148 Å². The van der Waals surface area contributed by atoms with E-state index >= 15 is 0 Å². The summed E-state index contributed by atoms with van der Waals surface area (Å²) in [5.74, 6) is -0.117. The lowest BCUT2D eigenvalue weighted by molar-refractivity contribution is -0.117. The van der Waals surface area contributed by atoms with Gasteiger partial charge < -0.3 is 16.2 Å². The number of hydrogen-bond donors (Lipinski definition) is 4. The van der Waals surface area contributed by atoms with E-state index in [9.17, 15) is 18.3 Å². The normalized spacial score (nSPS) is 12.2. The molecule has 0 saturated heterocycles. The Morgan fingerprint density at radius 3 is 2.38 bits per heavy atom. The maximum Gasteiger partial charge on any atom is 0.238 e. The van der Waals surface area contributed by atoms with Crippen molar-refractivity contribution in [2.24, 2.45) is 5.14 Å². The summed E-state index contributed by atoms with van der Waals surface area (Å²) in [6.45, 7) is 0. The third kappa shape index (κ3) is 5.96. The van der Waals surface area contributed by atoms with Gasteiger partial charge in [0.2, 0.25) is 15.9 Å². The van der Waals surface area contributed by atoms with Gasteiger partial charge in [0.25, 0.3) is 0 Å². The van der Waals surface area contributed by atoms with Crippen molar-refractivity contribution in [2.45, 2.75) is 23.7 Å². The van der Waals surface area contributed by atoms with Gasteiger partial charge in [-0.3, -0.25) is 4.79 Å². The number of nitrogen functional groups attached to an aromatic ring is 1. The summed E-state index contributed by atoms with van der Waals surface area (Å²) in [5, 5.41) is 20.0. The number of phenols is 1. The van der Waals surface area contributed by atoms with Crippen molar-refractivity contribution >= 4 is 38.2 Å². The van der Waals surface area contributed by atoms with Crippen molar-refractivity contribution in [2.75, 3.05) is 11.1 Å². The predicted octanol–water partition coefficient (Wildman–Crippen LogP) is 5.19. The molecule has 0 aliphatic carbocycles. The first-order valence-electron chi connectivity index (χ1n) is 12.6. The molecule has 0 spiro atoms. The van der Waals surface area contributed by atoms with Gasteiger partial charge in [-0.1, -0.05) is 54.6 Å². The average Bonchev–Trinajstić information content (AvgIpc) is 2.94. The quantitative estimate of drug-likeness (QED) is 0.208. The fraction of sp³-hybridized carbons (Fsp3) is 0.0968. The van der Waals surface area contributed by atoms with Crippen LogP contribution in [0, 0.1) is 0 Å². The number of aromatic hydroxyl groups is 1. The van der Waals surface area contributed by atoms with Crippen LogP contribution in [0.3, 0.4) is 0 Å². The molecule has 5 rings (SSSR count). The molecular weight excluding hydrogens is 524 g/mol. The Hall–Kier alpha value is -4.73. The fourth-order valence-electron chi connectivity index (χ4n) is 4.78. The van der Waals surface area contributed by atoms with Gasteiger partial charge in [0.1, 0.15) is 11.6 Å². The van der Waals surface area contributed by atoms with E-state index in [1.807, 2.05) is 24.3 Å². The maximum absolute atomic E-state index is 13.5. The summed E-state index contributed by atoms with van der Waals surface area (Å²) in [7, 11) is -3.90. The van der Waals surface area contributed by atoms with E-state index in [1.165, 1.54) is 6.07 Å². The van der Waals surface area contributed by atoms with Crippen LogP contribution in [-0.2, 0) is 21.2 Å². The van der Waals surface area contributed by atoms with Crippen LogP contribution in [0.5, 0.6) is 5.75 Å². The number of benzene rings is 4. The monoisotopic (exact) mass is 552 g/mol. The van der Waals surface area contributed by atoms with Gasteiger partial charge in [0, 0.05) is 22.8 Å². The summed E-state index contributed by atoms with van der Waals surface area (Å²) in [4.78, 5) is 17.7. The van der Waals surface area contributed by atoms with Crippen molar-refractivity contribution in [3.63, 3.8) is 0 Å². The molecule has 4 aromatic carbocycles. The Kier molecular flexibility index (Phi) is 7.50. The van der Waals surface area contributed by atoms with Crippen LogP contribution in [-0.4, -0.2) is 24.4 Å². The lowest BCUT2D eigenvalue weighted by Gasteiger charge is -2.18. The van der Waals surface area contributed by atoms with E-state index in [0.717, 1.165) is 21.9 Å². The first-order valence-corrected chi connectivity index (χ1v) is 14.2. The number of aromatic nitrogens is 1. The number of fused-ring (bicyclic) bond motifs is 1. The van der Waals surface area contributed by atoms with Crippen molar-refractivity contribution in [1.82, 2.24) is 4.98 Å². The number of amides is 1. The van der Waals surface area contributed by atoms with E-state index in [2.05, 4.69) is 10.3 Å². The van der Waals surface area contributed by atoms with Crippen LogP contribution in [0.4, 0.5) is 11.5 Å². The predicted molar refractivity (Wildman–Crippen MR) is 157 cm³/mol. The molecule has 1 aromatic heterocycles. The van der Waals surface area contributed by atoms with Crippen LogP contribution in [0.2, 0.25) is 0 Å². The molecule has 1 unspecified atom stereocenters. The Balaban J connectivity index is 1.37. The average molecular weight is 553 g/mol. The third-order valence-electron chi connectivity index (χ3n) is 6.85. The number of nitrogens with one attached hydrogen (secondary N) is 1. The summed E-state index contributed by atoms with van der Waals surface area (Å²) in [6.07, 6.45) is 2.81. The van der Waals surface area contributed by atoms with Crippen molar-refractivity contribution < 1.29 is 18.3 Å². The molecule has 0 saturated carbocycles. The van der Waals surface area contributed by atoms with E-state index in [4.69, 9.17) is 10.9 Å². The second kappa shape index (κ2) is 11.2. The fourth-order valence-corrected chi connectivity index (χ4v) is 5.54. The zero-order chi connectivity index (χ0) is 28.3. The zero-order valence-corrected chi connectivity index (χ0v) is 22.3. The summed E-state index contributed by atoms with van der Waals surface area (Å²) in [6, 6.07) is 28.0. The molecular formula is C31H28N4O4S. The van der Waals surface area contributed by atoms with Gasteiger partial charge in [-0.15, -0.1) is 0 Å². The highest BCUT2D eigenvalue weighted by Crippen LogP contribution is 2.30. The smallest absolute Gasteiger partial charge is 0.238 e. The Labute approximate surface area is 232 Å². The number of rotatable bonds is 8. The van der Waals surface area contributed by atoms with Crippen molar-refractivity contribution in [3.05, 3.63) is 114 Å². The summed E-state index contributed by atoms with van der Waals surface area (Å²) in [5.41, 5.74) is 9.57. The van der Waals surface area contributed by atoms with Crippen LogP contribution in [0.1, 0.15) is 23.5 Å². The number of phenolic OH excluding ortho intramolecular Hbond substituents is 1. The second-order valence-electron chi connectivity index (χ2n) is 9.54. The molecule has 1 atom stereocenters. The van der Waals surface area contributed by atoms with Gasteiger partial charge in [0.15, 0.2) is 0 Å². The number of anilines is 2. The van der Waals surface area contributed by atoms with Crippen LogP contribution in [0.25, 0.3) is 21.9 Å². The summed E-state index contributed by atoms with van der Waals surface area (Å²) < 4.78 is 24.0. The number of sulfonamides is 1. The molecule has 0 aliphatic heterocycles. The number of nitrogens with two attached hydrogens (primary N) is 2. The molecule has 0 aliphatic rings. The molecule has 0 fully saturated rings. The minimum atomic E-state index is -3.90. The Morgan fingerprint density at radius 2 is 1.65 bits per heavy atom. The standard InChI is InChI=1S/C31H28N4O4S/c32-30-28-19-20(5-7-23(28)17-18-34-30)6-16-27(22-10-14-25(36)15-11-22)31(37)35-24-12-8-21(9-13-24)26-3-1-2-4-29(26)40(33,38)39/h1-5,7-15,17-19,27,36H,6,16H2,(H2,32,34)(H,35,37)(H2,33,38,39). The molecule has 6 N–H and O–H groups in total. The molecule has 1 heterocycles. The minimum absolute atomic E-state index is 0.0328. The number of nitrogens with zero attached hydrogens (tertiary/aromatic N) is 1. The highest BCUT2D eigenvalue weighted by Gasteiger charge is 2.22. The number of hydrogen-bond acceptors (Lipinski definition) is 6.